The number of hydrogen-bond acceptors (Lipinski definition) is 3. The summed E-state index contributed by atoms with van der Waals surface area (Å²) in [6.45, 7) is 3.18. The van der Waals surface area contributed by atoms with Gasteiger partial charge in [-0.25, -0.2) is 8.42 Å². The quantitative estimate of drug-likeness (QED) is 0.417. The molecule has 0 bridgehead atoms. The van der Waals surface area contributed by atoms with Gasteiger partial charge in [0.1, 0.15) is 0 Å². The zero-order chi connectivity index (χ0) is 23.5. The van der Waals surface area contributed by atoms with Gasteiger partial charge in [-0.05, 0) is 61.4 Å². The van der Waals surface area contributed by atoms with Gasteiger partial charge in [0.15, 0.2) is 0 Å². The van der Waals surface area contributed by atoms with E-state index >= 15 is 0 Å². The number of sulfonamides is 1. The van der Waals surface area contributed by atoms with Gasteiger partial charge in [0.05, 0.1) is 21.5 Å². The molecule has 0 unspecified atom stereocenters. The molecule has 0 aromatic heterocycles. The zero-order valence-corrected chi connectivity index (χ0v) is 20.5. The van der Waals surface area contributed by atoms with Gasteiger partial charge in [0, 0.05) is 17.3 Å². The lowest BCUT2D eigenvalue weighted by Gasteiger charge is -2.22. The Morgan fingerprint density at radius 1 is 0.906 bits per heavy atom. The number of anilines is 1. The minimum Gasteiger partial charge on any atom is -0.325 e. The molecule has 168 valence electrons. The highest BCUT2D eigenvalue weighted by molar-refractivity contribution is 7.89. The van der Waals surface area contributed by atoms with Crippen molar-refractivity contribution in [1.29, 1.82) is 0 Å². The SMILES string of the molecule is Cc1ccc(S(=O)(=O)N(CC(=O)Nc2cccc(Cl)c2C)Cc2ccc(Cl)c(Cl)c2)cc1. The standard InChI is InChI=1S/C23H21Cl3N2O3S/c1-15-6-9-18(10-7-15)32(30,31)28(13-17-8-11-20(25)21(26)12-17)14-23(29)27-22-5-3-4-19(24)16(22)2/h3-12H,13-14H2,1-2H3,(H,27,29). The van der Waals surface area contributed by atoms with Crippen LogP contribution in [-0.4, -0.2) is 25.2 Å². The van der Waals surface area contributed by atoms with Crippen molar-refractivity contribution in [2.75, 3.05) is 11.9 Å². The van der Waals surface area contributed by atoms with Crippen LogP contribution in [0.3, 0.4) is 0 Å². The molecule has 0 spiro atoms. The first-order valence-electron chi connectivity index (χ1n) is 9.63. The van der Waals surface area contributed by atoms with Crippen molar-refractivity contribution in [2.24, 2.45) is 0 Å². The third-order valence-electron chi connectivity index (χ3n) is 4.86. The van der Waals surface area contributed by atoms with E-state index in [1.54, 1.807) is 55.5 Å². The number of rotatable bonds is 7. The summed E-state index contributed by atoms with van der Waals surface area (Å²) in [5, 5.41) is 3.91. The normalized spacial score (nSPS) is 11.6. The molecule has 0 aliphatic heterocycles. The van der Waals surface area contributed by atoms with Crippen LogP contribution in [0.1, 0.15) is 16.7 Å². The lowest BCUT2D eigenvalue weighted by Crippen LogP contribution is -2.37. The van der Waals surface area contributed by atoms with Gasteiger partial charge < -0.3 is 5.32 Å². The molecule has 0 fully saturated rings. The largest absolute Gasteiger partial charge is 0.325 e. The molecule has 3 rings (SSSR count). The molecule has 0 radical (unpaired) electrons. The van der Waals surface area contributed by atoms with Crippen LogP contribution in [0, 0.1) is 13.8 Å². The van der Waals surface area contributed by atoms with Crippen molar-refractivity contribution in [3.63, 3.8) is 0 Å². The second-order valence-electron chi connectivity index (χ2n) is 7.30. The van der Waals surface area contributed by atoms with Crippen molar-refractivity contribution < 1.29 is 13.2 Å². The summed E-state index contributed by atoms with van der Waals surface area (Å²) < 4.78 is 27.9. The first kappa shape index (κ1) is 24.6. The van der Waals surface area contributed by atoms with Crippen LogP contribution < -0.4 is 5.32 Å². The molecule has 5 nitrogen and oxygen atoms in total. The summed E-state index contributed by atoms with van der Waals surface area (Å²) in [5.41, 5.74) is 2.74. The average Bonchev–Trinajstić information content (AvgIpc) is 2.74. The second-order valence-corrected chi connectivity index (χ2v) is 10.5. The van der Waals surface area contributed by atoms with Crippen LogP contribution in [0.4, 0.5) is 5.69 Å². The Labute approximate surface area is 203 Å². The predicted molar refractivity (Wildman–Crippen MR) is 130 cm³/mol. The summed E-state index contributed by atoms with van der Waals surface area (Å²) in [6.07, 6.45) is 0. The monoisotopic (exact) mass is 510 g/mol. The molecule has 0 aliphatic carbocycles. The fourth-order valence-corrected chi connectivity index (χ4v) is 4.90. The Morgan fingerprint density at radius 3 is 2.25 bits per heavy atom. The molecule has 32 heavy (non-hydrogen) atoms. The molecular weight excluding hydrogens is 491 g/mol. The molecule has 0 saturated heterocycles. The Hall–Kier alpha value is -2.09. The Bertz CT molecular complexity index is 1250. The topological polar surface area (TPSA) is 66.5 Å². The molecule has 3 aromatic rings. The first-order chi connectivity index (χ1) is 15.1. The van der Waals surface area contributed by atoms with Crippen LogP contribution >= 0.6 is 34.8 Å². The fourth-order valence-electron chi connectivity index (χ4n) is 3.02. The third kappa shape index (κ3) is 5.82. The van der Waals surface area contributed by atoms with E-state index in [-0.39, 0.29) is 11.4 Å². The van der Waals surface area contributed by atoms with Crippen LogP contribution in [0.2, 0.25) is 15.1 Å². The lowest BCUT2D eigenvalue weighted by molar-refractivity contribution is -0.116. The van der Waals surface area contributed by atoms with E-state index < -0.39 is 22.5 Å². The van der Waals surface area contributed by atoms with Crippen molar-refractivity contribution in [1.82, 2.24) is 4.31 Å². The molecular formula is C23H21Cl3N2O3S. The Balaban J connectivity index is 1.92. The molecule has 3 aromatic carbocycles. The maximum atomic E-state index is 13.4. The van der Waals surface area contributed by atoms with Crippen molar-refractivity contribution >= 4 is 56.4 Å². The third-order valence-corrected chi connectivity index (χ3v) is 7.82. The zero-order valence-electron chi connectivity index (χ0n) is 17.4. The van der Waals surface area contributed by atoms with Gasteiger partial charge in [-0.2, -0.15) is 4.31 Å². The molecule has 1 amide bonds. The van der Waals surface area contributed by atoms with Gasteiger partial charge in [-0.3, -0.25) is 4.79 Å². The lowest BCUT2D eigenvalue weighted by atomic mass is 10.2. The van der Waals surface area contributed by atoms with Gasteiger partial charge in [0.2, 0.25) is 15.9 Å². The van der Waals surface area contributed by atoms with E-state index in [2.05, 4.69) is 5.32 Å². The highest BCUT2D eigenvalue weighted by Crippen LogP contribution is 2.26. The molecule has 0 aliphatic rings. The van der Waals surface area contributed by atoms with Crippen LogP contribution in [-0.2, 0) is 21.4 Å². The maximum Gasteiger partial charge on any atom is 0.243 e. The average molecular weight is 512 g/mol. The molecule has 1 N–H and O–H groups in total. The Kier molecular flexibility index (Phi) is 7.85. The van der Waals surface area contributed by atoms with E-state index in [1.807, 2.05) is 6.92 Å². The summed E-state index contributed by atoms with van der Waals surface area (Å²) in [7, 11) is -3.97. The van der Waals surface area contributed by atoms with Gasteiger partial charge in [0.25, 0.3) is 0 Å². The van der Waals surface area contributed by atoms with Gasteiger partial charge in [-0.15, -0.1) is 0 Å². The van der Waals surface area contributed by atoms with Crippen LogP contribution in [0.5, 0.6) is 0 Å². The number of carbonyl (C=O) groups is 1. The highest BCUT2D eigenvalue weighted by Gasteiger charge is 2.27. The van der Waals surface area contributed by atoms with Crippen molar-refractivity contribution in [3.05, 3.63) is 92.4 Å². The molecule has 0 saturated carbocycles. The minimum absolute atomic E-state index is 0.0605. The summed E-state index contributed by atoms with van der Waals surface area (Å²) in [6, 6.07) is 16.4. The minimum atomic E-state index is -3.97. The number of nitrogens with one attached hydrogen (secondary N) is 1. The highest BCUT2D eigenvalue weighted by atomic mass is 35.5. The number of amides is 1. The molecule has 0 heterocycles. The second kappa shape index (κ2) is 10.2. The van der Waals surface area contributed by atoms with E-state index in [0.29, 0.717) is 31.9 Å². The number of carbonyl (C=O) groups excluding carboxylic acids is 1. The van der Waals surface area contributed by atoms with E-state index in [1.165, 1.54) is 12.1 Å². The smallest absolute Gasteiger partial charge is 0.243 e. The Morgan fingerprint density at radius 2 is 1.59 bits per heavy atom. The summed E-state index contributed by atoms with van der Waals surface area (Å²) in [4.78, 5) is 12.9. The fraction of sp³-hybridized carbons (Fsp3) is 0.174. The first-order valence-corrected chi connectivity index (χ1v) is 12.2. The van der Waals surface area contributed by atoms with Gasteiger partial charge in [-0.1, -0.05) is 64.6 Å². The van der Waals surface area contributed by atoms with E-state index in [0.717, 1.165) is 9.87 Å². The number of aryl methyl sites for hydroxylation is 1. The van der Waals surface area contributed by atoms with Crippen LogP contribution in [0.15, 0.2) is 65.6 Å². The summed E-state index contributed by atoms with van der Waals surface area (Å²) >= 11 is 18.2. The summed E-state index contributed by atoms with van der Waals surface area (Å²) in [5.74, 6) is -0.494. The number of hydrogen-bond donors (Lipinski definition) is 1. The van der Waals surface area contributed by atoms with Crippen molar-refractivity contribution in [2.45, 2.75) is 25.3 Å². The predicted octanol–water partition coefficient (Wildman–Crippen LogP) is 6.09. The molecule has 0 atom stereocenters. The van der Waals surface area contributed by atoms with Crippen molar-refractivity contribution in [3.8, 4) is 0 Å². The number of benzene rings is 3. The number of nitrogens with zero attached hydrogens (tertiary/aromatic N) is 1. The maximum absolute atomic E-state index is 13.4. The van der Waals surface area contributed by atoms with Crippen LogP contribution in [0.25, 0.3) is 0 Å². The number of halogens is 3. The van der Waals surface area contributed by atoms with E-state index in [4.69, 9.17) is 34.8 Å². The van der Waals surface area contributed by atoms with Gasteiger partial charge >= 0.3 is 0 Å². The van der Waals surface area contributed by atoms with E-state index in [9.17, 15) is 13.2 Å². The molecule has 9 heteroatoms.